The molecule has 1 aromatic carbocycles. The number of methoxy groups -OCH3 is 1. The van der Waals surface area contributed by atoms with Gasteiger partial charge in [-0.15, -0.1) is 0 Å². The van der Waals surface area contributed by atoms with Crippen molar-refractivity contribution < 1.29 is 24.0 Å². The molecule has 2 amide bonds. The van der Waals surface area contributed by atoms with Gasteiger partial charge in [0.15, 0.2) is 0 Å². The normalized spacial score (nSPS) is 23.4. The molecule has 0 aromatic heterocycles. The zero-order valence-electron chi connectivity index (χ0n) is 10.5. The van der Waals surface area contributed by atoms with E-state index in [1.807, 2.05) is 0 Å². The number of nitrogens with one attached hydrogen (secondary N) is 1. The molecule has 3 rings (SSSR count). The van der Waals surface area contributed by atoms with Gasteiger partial charge < -0.3 is 9.47 Å². The van der Waals surface area contributed by atoms with E-state index >= 15 is 0 Å². The number of imide groups is 1. The molecule has 20 heavy (non-hydrogen) atoms. The molecule has 104 valence electrons. The van der Waals surface area contributed by atoms with Crippen molar-refractivity contribution >= 4 is 17.7 Å². The molecule has 1 spiro atoms. The lowest BCUT2D eigenvalue weighted by Crippen LogP contribution is -2.34. The largest absolute Gasteiger partial charge is 0.490 e. The van der Waals surface area contributed by atoms with E-state index in [1.54, 1.807) is 0 Å². The van der Waals surface area contributed by atoms with Gasteiger partial charge in [0.1, 0.15) is 0 Å². The predicted molar refractivity (Wildman–Crippen MR) is 64.3 cm³/mol. The van der Waals surface area contributed by atoms with Crippen molar-refractivity contribution in [3.8, 4) is 5.75 Å². The average Bonchev–Trinajstić information content (AvgIpc) is 2.90. The molecule has 0 unspecified atom stereocenters. The maximum absolute atomic E-state index is 12.0. The molecule has 8 heteroatoms. The standard InChI is InChI=1S/C12H10N2O6/c1-19-9-6-4-5-12(10(15)13-11(16)20-12)7(6)2-3-8(9)14(17)18/h2-3H,4-5H2,1H3,(H,13,15,16)/t12-/m1/s1. The number of nitrogens with zero attached hydrogens (tertiary/aromatic N) is 1. The minimum atomic E-state index is -1.38. The van der Waals surface area contributed by atoms with E-state index in [0.29, 0.717) is 17.5 Å². The second-order valence-corrected chi connectivity index (χ2v) is 4.57. The molecular weight excluding hydrogens is 268 g/mol. The minimum absolute atomic E-state index is 0.111. The second kappa shape index (κ2) is 3.92. The second-order valence-electron chi connectivity index (χ2n) is 4.57. The van der Waals surface area contributed by atoms with E-state index in [1.165, 1.54) is 19.2 Å². The first-order chi connectivity index (χ1) is 9.49. The number of hydrogen-bond donors (Lipinski definition) is 1. The van der Waals surface area contributed by atoms with Gasteiger partial charge in [-0.3, -0.25) is 20.2 Å². The zero-order chi connectivity index (χ0) is 14.5. The van der Waals surface area contributed by atoms with Crippen molar-refractivity contribution in [2.75, 3.05) is 7.11 Å². The summed E-state index contributed by atoms with van der Waals surface area (Å²) in [6.45, 7) is 0. The Morgan fingerprint density at radius 3 is 2.75 bits per heavy atom. The maximum atomic E-state index is 12.0. The number of amides is 2. The van der Waals surface area contributed by atoms with Crippen molar-refractivity contribution in [2.24, 2.45) is 0 Å². The summed E-state index contributed by atoms with van der Waals surface area (Å²) in [7, 11) is 1.33. The Morgan fingerprint density at radius 2 is 2.20 bits per heavy atom. The van der Waals surface area contributed by atoms with Crippen molar-refractivity contribution in [3.05, 3.63) is 33.4 Å². The highest BCUT2D eigenvalue weighted by atomic mass is 16.6. The zero-order valence-corrected chi connectivity index (χ0v) is 10.5. The number of carbonyl (C=O) groups is 2. The van der Waals surface area contributed by atoms with E-state index in [0.717, 1.165) is 0 Å². The minimum Gasteiger partial charge on any atom is -0.490 e. The molecule has 2 aliphatic rings. The SMILES string of the molecule is COc1c([N+](=O)[O-])ccc2c1CC[C@@]21OC(=O)NC1=O. The summed E-state index contributed by atoms with van der Waals surface area (Å²) in [5, 5.41) is 13.1. The lowest BCUT2D eigenvalue weighted by atomic mass is 9.95. The third kappa shape index (κ3) is 1.41. The Labute approximate surface area is 112 Å². The molecule has 1 aromatic rings. The van der Waals surface area contributed by atoms with Crippen LogP contribution < -0.4 is 10.1 Å². The van der Waals surface area contributed by atoms with Crippen LogP contribution >= 0.6 is 0 Å². The lowest BCUT2D eigenvalue weighted by Gasteiger charge is -2.19. The smallest absolute Gasteiger partial charge is 0.415 e. The number of rotatable bonds is 2. The molecular formula is C12H10N2O6. The Morgan fingerprint density at radius 1 is 1.45 bits per heavy atom. The summed E-state index contributed by atoms with van der Waals surface area (Å²) >= 11 is 0. The third-order valence-electron chi connectivity index (χ3n) is 3.65. The number of fused-ring (bicyclic) bond motifs is 2. The van der Waals surface area contributed by atoms with Crippen LogP contribution in [0.5, 0.6) is 5.75 Å². The van der Waals surface area contributed by atoms with Crippen LogP contribution in [0.15, 0.2) is 12.1 Å². The summed E-state index contributed by atoms with van der Waals surface area (Å²) in [4.78, 5) is 33.6. The summed E-state index contributed by atoms with van der Waals surface area (Å²) in [5.74, 6) is -0.433. The highest BCUT2D eigenvalue weighted by Crippen LogP contribution is 2.48. The van der Waals surface area contributed by atoms with E-state index in [4.69, 9.17) is 9.47 Å². The Balaban J connectivity index is 2.19. The van der Waals surface area contributed by atoms with Gasteiger partial charge in [0.05, 0.1) is 12.0 Å². The first kappa shape index (κ1) is 12.4. The Kier molecular flexibility index (Phi) is 2.43. The monoisotopic (exact) mass is 278 g/mol. The Bertz CT molecular complexity index is 656. The van der Waals surface area contributed by atoms with Crippen molar-refractivity contribution in [1.29, 1.82) is 0 Å². The number of hydrogen-bond acceptors (Lipinski definition) is 6. The van der Waals surface area contributed by atoms with Crippen molar-refractivity contribution in [2.45, 2.75) is 18.4 Å². The molecule has 0 saturated carbocycles. The van der Waals surface area contributed by atoms with Crippen LogP contribution in [0.25, 0.3) is 0 Å². The van der Waals surface area contributed by atoms with E-state index in [9.17, 15) is 19.7 Å². The summed E-state index contributed by atoms with van der Waals surface area (Å²) in [6, 6.07) is 2.70. The summed E-state index contributed by atoms with van der Waals surface area (Å²) in [5.41, 5.74) is -0.572. The molecule has 1 atom stereocenters. The number of benzene rings is 1. The molecule has 8 nitrogen and oxygen atoms in total. The fraction of sp³-hybridized carbons (Fsp3) is 0.333. The van der Waals surface area contributed by atoms with Gasteiger partial charge in [-0.2, -0.15) is 0 Å². The molecule has 1 heterocycles. The van der Waals surface area contributed by atoms with Crippen LogP contribution in [0.4, 0.5) is 10.5 Å². The van der Waals surface area contributed by atoms with Crippen LogP contribution in [0, 0.1) is 10.1 Å². The van der Waals surface area contributed by atoms with Gasteiger partial charge in [-0.05, 0) is 12.5 Å². The number of carbonyl (C=O) groups excluding carboxylic acids is 2. The maximum Gasteiger partial charge on any atom is 0.415 e. The summed E-state index contributed by atoms with van der Waals surface area (Å²) < 4.78 is 10.2. The van der Waals surface area contributed by atoms with Gasteiger partial charge in [0.2, 0.25) is 11.4 Å². The number of nitro benzene ring substituents is 1. The molecule has 1 aliphatic carbocycles. The van der Waals surface area contributed by atoms with Crippen LogP contribution in [0.3, 0.4) is 0 Å². The van der Waals surface area contributed by atoms with Gasteiger partial charge in [-0.1, -0.05) is 0 Å². The molecule has 1 saturated heterocycles. The molecule has 0 bridgehead atoms. The highest BCUT2D eigenvalue weighted by molar-refractivity contribution is 6.04. The van der Waals surface area contributed by atoms with Crippen molar-refractivity contribution in [1.82, 2.24) is 5.32 Å². The van der Waals surface area contributed by atoms with Crippen LogP contribution in [-0.4, -0.2) is 24.0 Å². The average molecular weight is 278 g/mol. The lowest BCUT2D eigenvalue weighted by molar-refractivity contribution is -0.385. The van der Waals surface area contributed by atoms with E-state index in [-0.39, 0.29) is 17.9 Å². The third-order valence-corrected chi connectivity index (χ3v) is 3.65. The van der Waals surface area contributed by atoms with E-state index < -0.39 is 22.5 Å². The van der Waals surface area contributed by atoms with Gasteiger partial charge in [-0.25, -0.2) is 4.79 Å². The van der Waals surface area contributed by atoms with Crippen LogP contribution in [0.2, 0.25) is 0 Å². The predicted octanol–water partition coefficient (Wildman–Crippen LogP) is 1.01. The van der Waals surface area contributed by atoms with Gasteiger partial charge in [0, 0.05) is 23.6 Å². The molecule has 1 N–H and O–H groups in total. The number of nitro groups is 1. The van der Waals surface area contributed by atoms with E-state index in [2.05, 4.69) is 5.32 Å². The first-order valence-corrected chi connectivity index (χ1v) is 5.89. The number of ether oxygens (including phenoxy) is 2. The van der Waals surface area contributed by atoms with Gasteiger partial charge in [0.25, 0.3) is 5.91 Å². The quantitative estimate of drug-likeness (QED) is 0.639. The fourth-order valence-electron chi connectivity index (χ4n) is 2.81. The first-order valence-electron chi connectivity index (χ1n) is 5.89. The van der Waals surface area contributed by atoms with Crippen LogP contribution in [-0.2, 0) is 21.6 Å². The fourth-order valence-corrected chi connectivity index (χ4v) is 2.81. The topological polar surface area (TPSA) is 108 Å². The van der Waals surface area contributed by atoms with Gasteiger partial charge >= 0.3 is 11.8 Å². The van der Waals surface area contributed by atoms with Crippen molar-refractivity contribution in [3.63, 3.8) is 0 Å². The number of alkyl carbamates (subject to hydrolysis) is 1. The highest BCUT2D eigenvalue weighted by Gasteiger charge is 2.55. The molecule has 1 aliphatic heterocycles. The molecule has 1 fully saturated rings. The summed E-state index contributed by atoms with van der Waals surface area (Å²) in [6.07, 6.45) is -0.196. The Hall–Kier alpha value is -2.64. The molecule has 0 radical (unpaired) electrons. The van der Waals surface area contributed by atoms with Crippen LogP contribution in [0.1, 0.15) is 17.5 Å².